The van der Waals surface area contributed by atoms with Crippen LogP contribution in [0.4, 0.5) is 5.69 Å². The highest BCUT2D eigenvalue weighted by atomic mass is 16.2. The molecule has 0 aromatic heterocycles. The van der Waals surface area contributed by atoms with E-state index in [9.17, 15) is 14.4 Å². The van der Waals surface area contributed by atoms with Gasteiger partial charge in [0.15, 0.2) is 11.5 Å². The fourth-order valence-electron chi connectivity index (χ4n) is 3.28. The summed E-state index contributed by atoms with van der Waals surface area (Å²) >= 11 is 0. The minimum atomic E-state index is -0.669. The van der Waals surface area contributed by atoms with Gasteiger partial charge in [0.05, 0.1) is 11.0 Å². The largest absolute Gasteiger partial charge is 0.378 e. The number of aromatic amines is 1. The van der Waals surface area contributed by atoms with Crippen LogP contribution >= 0.6 is 0 Å². The molecule has 0 bridgehead atoms. The van der Waals surface area contributed by atoms with Crippen molar-refractivity contribution in [1.29, 1.82) is 0 Å². The van der Waals surface area contributed by atoms with Crippen molar-refractivity contribution in [2.45, 2.75) is 45.6 Å². The maximum atomic E-state index is 12.2. The summed E-state index contributed by atoms with van der Waals surface area (Å²) < 4.78 is 1.91. The second-order valence-corrected chi connectivity index (χ2v) is 7.24. The zero-order chi connectivity index (χ0) is 20.3. The Balaban J connectivity index is 2.00. The van der Waals surface area contributed by atoms with Gasteiger partial charge in [-0.15, -0.1) is 0 Å². The number of carbonyl (C=O) groups is 1. The molecule has 28 heavy (non-hydrogen) atoms. The third-order valence-electron chi connectivity index (χ3n) is 4.77. The van der Waals surface area contributed by atoms with Crippen molar-refractivity contribution in [3.8, 4) is 11.5 Å². The predicted octanol–water partition coefficient (Wildman–Crippen LogP) is 2.19. The van der Waals surface area contributed by atoms with Gasteiger partial charge in [-0.05, 0) is 38.0 Å². The van der Waals surface area contributed by atoms with Gasteiger partial charge in [-0.3, -0.25) is 9.78 Å². The van der Waals surface area contributed by atoms with Crippen LogP contribution in [0.25, 0.3) is 22.6 Å². The molecule has 0 fully saturated rings. The van der Waals surface area contributed by atoms with Crippen LogP contribution in [-0.4, -0.2) is 39.4 Å². The maximum Gasteiger partial charge on any atom is 0.349 e. The molecule has 0 spiro atoms. The molecule has 1 N–H and O–H groups in total. The lowest BCUT2D eigenvalue weighted by molar-refractivity contribution is -0.117. The average Bonchev–Trinajstić information content (AvgIpc) is 2.63. The van der Waals surface area contributed by atoms with Gasteiger partial charge in [0.25, 0.3) is 5.56 Å². The Kier molecular flexibility index (Phi) is 5.87. The molecule has 2 heterocycles. The summed E-state index contributed by atoms with van der Waals surface area (Å²) in [7, 11) is 3.90. The fraction of sp³-hybridized carbons (Fsp3) is 0.450. The standard InChI is InChI=1S/C20H25N5O3/c1-13(26)8-6-4-5-7-11-25-16-12-14(24(2)3)9-10-15(16)21-17-18(25)22-20(28)23-19(17)27/h9-10,12H,4-8,11H2,1-3H3,(H,23,27,28). The van der Waals surface area contributed by atoms with Gasteiger partial charge < -0.3 is 14.3 Å². The Morgan fingerprint density at radius 1 is 1.11 bits per heavy atom. The summed E-state index contributed by atoms with van der Waals surface area (Å²) in [6.07, 6.45) is 4.26. The van der Waals surface area contributed by atoms with Crippen molar-refractivity contribution in [1.82, 2.24) is 19.5 Å². The van der Waals surface area contributed by atoms with E-state index in [0.717, 1.165) is 36.9 Å². The van der Waals surface area contributed by atoms with Gasteiger partial charge in [-0.1, -0.05) is 12.8 Å². The number of hydrogen-bond donors (Lipinski definition) is 1. The van der Waals surface area contributed by atoms with Crippen LogP contribution in [-0.2, 0) is 11.3 Å². The number of rotatable bonds is 8. The van der Waals surface area contributed by atoms with Gasteiger partial charge >= 0.3 is 5.69 Å². The summed E-state index contributed by atoms with van der Waals surface area (Å²) in [5.74, 6) is 0.518. The monoisotopic (exact) mass is 383 g/mol. The molecule has 8 nitrogen and oxygen atoms in total. The van der Waals surface area contributed by atoms with Crippen LogP contribution in [0.1, 0.15) is 39.0 Å². The highest BCUT2D eigenvalue weighted by molar-refractivity contribution is 5.82. The number of carbonyl (C=O) groups excluding carboxylic acids is 1. The minimum Gasteiger partial charge on any atom is -0.378 e. The number of ketones is 1. The first-order valence-electron chi connectivity index (χ1n) is 9.48. The second kappa shape index (κ2) is 8.33. The molecule has 3 rings (SSSR count). The summed E-state index contributed by atoms with van der Waals surface area (Å²) in [6.45, 7) is 2.22. The van der Waals surface area contributed by atoms with E-state index in [2.05, 4.69) is 15.0 Å². The number of nitrogens with one attached hydrogen (secondary N) is 1. The number of H-pyrrole nitrogens is 1. The number of anilines is 1. The number of aryl methyl sites for hydroxylation is 1. The first kappa shape index (κ1) is 19.7. The summed E-state index contributed by atoms with van der Waals surface area (Å²) in [4.78, 5) is 47.7. The Morgan fingerprint density at radius 2 is 1.86 bits per heavy atom. The first-order chi connectivity index (χ1) is 13.4. The molecule has 0 unspecified atom stereocenters. The van der Waals surface area contributed by atoms with E-state index in [1.54, 1.807) is 6.92 Å². The molecule has 0 saturated heterocycles. The van der Waals surface area contributed by atoms with Crippen LogP contribution in [0.15, 0.2) is 27.8 Å². The van der Waals surface area contributed by atoms with Crippen LogP contribution in [0.3, 0.4) is 0 Å². The number of benzene rings is 1. The molecule has 2 aliphatic heterocycles. The zero-order valence-corrected chi connectivity index (χ0v) is 16.5. The van der Waals surface area contributed by atoms with E-state index >= 15 is 0 Å². The van der Waals surface area contributed by atoms with Crippen molar-refractivity contribution in [2.75, 3.05) is 19.0 Å². The molecular formula is C20H25N5O3. The number of Topliss-reactive ketones (excluding diaryl/α,β-unsaturated/α-hetero) is 1. The Morgan fingerprint density at radius 3 is 2.57 bits per heavy atom. The quantitative estimate of drug-likeness (QED) is 0.473. The van der Waals surface area contributed by atoms with Crippen LogP contribution in [0.2, 0.25) is 0 Å². The molecule has 8 heteroatoms. The molecular weight excluding hydrogens is 358 g/mol. The predicted molar refractivity (Wildman–Crippen MR) is 109 cm³/mol. The topological polar surface area (TPSA) is 101 Å². The van der Waals surface area contributed by atoms with Crippen molar-refractivity contribution < 1.29 is 4.79 Å². The number of unbranched alkanes of at least 4 members (excludes halogenated alkanes) is 3. The number of hydrogen-bond acceptors (Lipinski definition) is 6. The third kappa shape index (κ3) is 4.27. The van der Waals surface area contributed by atoms with Crippen molar-refractivity contribution >= 4 is 22.5 Å². The van der Waals surface area contributed by atoms with Gasteiger partial charge in [-0.25, -0.2) is 9.78 Å². The van der Waals surface area contributed by atoms with E-state index < -0.39 is 11.2 Å². The fourth-order valence-corrected chi connectivity index (χ4v) is 3.28. The molecule has 2 aliphatic rings. The summed E-state index contributed by atoms with van der Waals surface area (Å²) in [5, 5.41) is 0. The lowest BCUT2D eigenvalue weighted by Gasteiger charge is -2.19. The highest BCUT2D eigenvalue weighted by Crippen LogP contribution is 2.25. The van der Waals surface area contributed by atoms with Crippen LogP contribution in [0, 0.1) is 0 Å². The maximum absolute atomic E-state index is 12.2. The van der Waals surface area contributed by atoms with Gasteiger partial charge in [0.1, 0.15) is 5.78 Å². The molecule has 148 valence electrons. The smallest absolute Gasteiger partial charge is 0.349 e. The Labute approximate surface area is 162 Å². The van der Waals surface area contributed by atoms with Crippen LogP contribution < -0.4 is 16.1 Å². The lowest BCUT2D eigenvalue weighted by Crippen LogP contribution is -2.29. The lowest BCUT2D eigenvalue weighted by atomic mass is 10.1. The second-order valence-electron chi connectivity index (χ2n) is 7.24. The molecule has 0 aliphatic carbocycles. The molecule has 0 atom stereocenters. The van der Waals surface area contributed by atoms with Crippen molar-refractivity contribution in [3.63, 3.8) is 0 Å². The zero-order valence-electron chi connectivity index (χ0n) is 16.5. The summed E-state index contributed by atoms with van der Waals surface area (Å²) in [5.41, 5.74) is 1.49. The van der Waals surface area contributed by atoms with E-state index in [1.807, 2.05) is 41.8 Å². The van der Waals surface area contributed by atoms with Gasteiger partial charge in [-0.2, -0.15) is 4.98 Å². The van der Waals surface area contributed by atoms with Gasteiger partial charge in [0.2, 0.25) is 0 Å². The van der Waals surface area contributed by atoms with E-state index in [0.29, 0.717) is 24.3 Å². The molecule has 0 radical (unpaired) electrons. The minimum absolute atomic E-state index is 0.168. The number of nitrogens with zero attached hydrogens (tertiary/aromatic N) is 4. The average molecular weight is 383 g/mol. The van der Waals surface area contributed by atoms with Crippen molar-refractivity contribution in [3.05, 3.63) is 39.0 Å². The Bertz CT molecular complexity index is 1080. The third-order valence-corrected chi connectivity index (χ3v) is 4.77. The van der Waals surface area contributed by atoms with Crippen molar-refractivity contribution in [2.24, 2.45) is 0 Å². The SMILES string of the molecule is CC(=O)CCCCCCn1c2nc(=O)[nH]c(=O)c-2nc2ccc(N(C)C)cc21. The normalized spacial score (nSPS) is 11.2. The molecule has 0 saturated carbocycles. The number of fused-ring (bicyclic) bond motifs is 2. The first-order valence-corrected chi connectivity index (χ1v) is 9.48. The van der Waals surface area contributed by atoms with E-state index in [1.165, 1.54) is 0 Å². The number of aromatic nitrogens is 4. The highest BCUT2D eigenvalue weighted by Gasteiger charge is 2.18. The van der Waals surface area contributed by atoms with E-state index in [-0.39, 0.29) is 11.5 Å². The molecule has 1 aromatic rings. The van der Waals surface area contributed by atoms with E-state index in [4.69, 9.17) is 0 Å². The molecule has 0 amide bonds. The summed E-state index contributed by atoms with van der Waals surface area (Å²) in [6, 6.07) is 5.81. The van der Waals surface area contributed by atoms with Crippen LogP contribution in [0.5, 0.6) is 0 Å². The Hall–Kier alpha value is -3.03. The van der Waals surface area contributed by atoms with Gasteiger partial charge in [0, 0.05) is 32.7 Å². The molecule has 1 aromatic carbocycles.